The molecule has 98 valence electrons. The Labute approximate surface area is 104 Å². The van der Waals surface area contributed by atoms with Crippen LogP contribution in [0, 0.1) is 0 Å². The summed E-state index contributed by atoms with van der Waals surface area (Å²) in [6, 6.07) is 8.88. The van der Waals surface area contributed by atoms with E-state index in [1.165, 1.54) is 0 Å². The van der Waals surface area contributed by atoms with Gasteiger partial charge in [-0.15, -0.1) is 0 Å². The van der Waals surface area contributed by atoms with Crippen LogP contribution in [0.4, 0.5) is 0 Å². The molecular weight excluding hydrogens is 259 g/mol. The molecule has 0 radical (unpaired) electrons. The van der Waals surface area contributed by atoms with Gasteiger partial charge in [-0.25, -0.2) is 9.36 Å². The predicted octanol–water partition coefficient (Wildman–Crippen LogP) is 1.91. The first kappa shape index (κ1) is 14.4. The molecule has 1 aromatic rings. The van der Waals surface area contributed by atoms with Gasteiger partial charge in [0.1, 0.15) is 12.4 Å². The molecule has 0 aliphatic carbocycles. The molecule has 18 heavy (non-hydrogen) atoms. The van der Waals surface area contributed by atoms with Crippen LogP contribution in [0.5, 0.6) is 5.75 Å². The number of rotatable bonds is 7. The fourth-order valence-electron chi connectivity index (χ4n) is 1.01. The fraction of sp³-hybridized carbons (Fsp3) is 0.182. The lowest BCUT2D eigenvalue weighted by molar-refractivity contribution is -0.130. The quantitative estimate of drug-likeness (QED) is 0.464. The van der Waals surface area contributed by atoms with Crippen molar-refractivity contribution in [1.29, 1.82) is 0 Å². The van der Waals surface area contributed by atoms with Crippen molar-refractivity contribution in [2.24, 2.45) is 0 Å². The molecule has 0 aliphatic rings. The van der Waals surface area contributed by atoms with Crippen LogP contribution in [0.1, 0.15) is 0 Å². The summed E-state index contributed by atoms with van der Waals surface area (Å²) in [6.45, 7) is 2.96. The zero-order valence-corrected chi connectivity index (χ0v) is 10.4. The second kappa shape index (κ2) is 6.96. The van der Waals surface area contributed by atoms with Crippen LogP contribution in [0.2, 0.25) is 0 Å². The standard InChI is InChI=1S/C11H13O6P/c1-2-11(12)17-18(13,14)16-9-8-15-10-6-4-3-5-7-10/h2-7H,1,8-9H2,(H,13,14). The molecule has 0 aliphatic heterocycles. The van der Waals surface area contributed by atoms with Crippen molar-refractivity contribution in [3.63, 3.8) is 0 Å². The van der Waals surface area contributed by atoms with Gasteiger partial charge >= 0.3 is 13.8 Å². The third-order valence-corrected chi connectivity index (χ3v) is 2.64. The van der Waals surface area contributed by atoms with Crippen LogP contribution in [-0.4, -0.2) is 24.1 Å². The maximum absolute atomic E-state index is 11.2. The van der Waals surface area contributed by atoms with E-state index in [0.29, 0.717) is 5.75 Å². The van der Waals surface area contributed by atoms with E-state index in [2.05, 4.69) is 15.6 Å². The minimum atomic E-state index is -4.39. The lowest BCUT2D eigenvalue weighted by Gasteiger charge is -2.11. The molecule has 7 heteroatoms. The Morgan fingerprint density at radius 3 is 2.61 bits per heavy atom. The number of benzene rings is 1. The predicted molar refractivity (Wildman–Crippen MR) is 64.0 cm³/mol. The van der Waals surface area contributed by atoms with Crippen molar-refractivity contribution < 1.29 is 28.0 Å². The van der Waals surface area contributed by atoms with Gasteiger partial charge in [0.05, 0.1) is 6.61 Å². The van der Waals surface area contributed by atoms with Crippen molar-refractivity contribution in [2.45, 2.75) is 0 Å². The molecule has 1 atom stereocenters. The van der Waals surface area contributed by atoms with Crippen LogP contribution in [0.3, 0.4) is 0 Å². The Morgan fingerprint density at radius 2 is 2.00 bits per heavy atom. The van der Waals surface area contributed by atoms with Crippen LogP contribution in [0.25, 0.3) is 0 Å². The van der Waals surface area contributed by atoms with E-state index < -0.39 is 13.8 Å². The van der Waals surface area contributed by atoms with Gasteiger partial charge in [0.2, 0.25) is 0 Å². The molecule has 0 bridgehead atoms. The summed E-state index contributed by atoms with van der Waals surface area (Å²) in [4.78, 5) is 19.8. The summed E-state index contributed by atoms with van der Waals surface area (Å²) >= 11 is 0. The highest BCUT2D eigenvalue weighted by atomic mass is 31.2. The first-order chi connectivity index (χ1) is 8.53. The maximum Gasteiger partial charge on any atom is 0.529 e. The number of phosphoric ester groups is 1. The van der Waals surface area contributed by atoms with E-state index in [1.54, 1.807) is 24.3 Å². The molecule has 0 aromatic heterocycles. The summed E-state index contributed by atoms with van der Waals surface area (Å²) < 4.78 is 25.0. The minimum absolute atomic E-state index is 0.0558. The molecule has 0 spiro atoms. The van der Waals surface area contributed by atoms with Gasteiger partial charge in [-0.3, -0.25) is 9.42 Å². The number of ether oxygens (including phenoxy) is 1. The van der Waals surface area contributed by atoms with Gasteiger partial charge in [-0.1, -0.05) is 24.8 Å². The first-order valence-electron chi connectivity index (χ1n) is 5.05. The number of carbonyl (C=O) groups is 1. The van der Waals surface area contributed by atoms with E-state index in [-0.39, 0.29) is 13.2 Å². The van der Waals surface area contributed by atoms with Gasteiger partial charge in [0.25, 0.3) is 0 Å². The minimum Gasteiger partial charge on any atom is -0.491 e. The monoisotopic (exact) mass is 272 g/mol. The Bertz CT molecular complexity index is 444. The van der Waals surface area contributed by atoms with Crippen LogP contribution in [-0.2, 0) is 18.4 Å². The van der Waals surface area contributed by atoms with E-state index >= 15 is 0 Å². The number of phosphoric acid groups is 1. The van der Waals surface area contributed by atoms with Crippen molar-refractivity contribution in [3.8, 4) is 5.75 Å². The average molecular weight is 272 g/mol. The van der Waals surface area contributed by atoms with Gasteiger partial charge in [0.15, 0.2) is 0 Å². The lowest BCUT2D eigenvalue weighted by Crippen LogP contribution is -2.08. The normalized spacial score (nSPS) is 13.4. The SMILES string of the molecule is C=CC(=O)OP(=O)(O)OCCOc1ccccc1. The molecule has 1 aromatic carbocycles. The third-order valence-electron chi connectivity index (χ3n) is 1.72. The molecule has 1 N–H and O–H groups in total. The molecule has 0 amide bonds. The molecule has 0 saturated heterocycles. The second-order valence-electron chi connectivity index (χ2n) is 3.08. The van der Waals surface area contributed by atoms with Crippen molar-refractivity contribution in [1.82, 2.24) is 0 Å². The highest BCUT2D eigenvalue weighted by Gasteiger charge is 2.24. The van der Waals surface area contributed by atoms with Crippen molar-refractivity contribution in [3.05, 3.63) is 43.0 Å². The largest absolute Gasteiger partial charge is 0.529 e. The smallest absolute Gasteiger partial charge is 0.491 e. The first-order valence-corrected chi connectivity index (χ1v) is 6.54. The summed E-state index contributed by atoms with van der Waals surface area (Å²) in [5.74, 6) is -0.415. The molecule has 0 heterocycles. The molecule has 0 fully saturated rings. The zero-order valence-electron chi connectivity index (χ0n) is 9.52. The van der Waals surface area contributed by atoms with E-state index in [0.717, 1.165) is 6.08 Å². The average Bonchev–Trinajstić information content (AvgIpc) is 2.35. The molecule has 1 unspecified atom stereocenters. The molecule has 6 nitrogen and oxygen atoms in total. The Kier molecular flexibility index (Phi) is 5.58. The Balaban J connectivity index is 2.27. The van der Waals surface area contributed by atoms with E-state index in [9.17, 15) is 9.36 Å². The lowest BCUT2D eigenvalue weighted by atomic mass is 10.3. The molecule has 1 rings (SSSR count). The van der Waals surface area contributed by atoms with Gasteiger partial charge < -0.3 is 9.26 Å². The second-order valence-corrected chi connectivity index (χ2v) is 4.46. The maximum atomic E-state index is 11.2. The molecule has 0 saturated carbocycles. The fourth-order valence-corrected chi connectivity index (χ4v) is 1.67. The van der Waals surface area contributed by atoms with Gasteiger partial charge in [-0.2, -0.15) is 0 Å². The Morgan fingerprint density at radius 1 is 1.33 bits per heavy atom. The zero-order chi connectivity index (χ0) is 13.4. The Hall–Kier alpha value is -1.62. The van der Waals surface area contributed by atoms with Crippen LogP contribution in [0.15, 0.2) is 43.0 Å². The summed E-state index contributed by atoms with van der Waals surface area (Å²) in [6.07, 6.45) is 0.771. The van der Waals surface area contributed by atoms with Crippen LogP contribution < -0.4 is 4.74 Å². The van der Waals surface area contributed by atoms with E-state index in [4.69, 9.17) is 9.63 Å². The van der Waals surface area contributed by atoms with Gasteiger partial charge in [0, 0.05) is 6.08 Å². The highest BCUT2D eigenvalue weighted by molar-refractivity contribution is 7.48. The highest BCUT2D eigenvalue weighted by Crippen LogP contribution is 2.43. The van der Waals surface area contributed by atoms with E-state index in [1.807, 2.05) is 6.07 Å². The summed E-state index contributed by atoms with van der Waals surface area (Å²) in [7, 11) is -4.39. The number of carbonyl (C=O) groups excluding carboxylic acids is 1. The van der Waals surface area contributed by atoms with Gasteiger partial charge in [-0.05, 0) is 12.1 Å². The topological polar surface area (TPSA) is 82.1 Å². The number of hydrogen-bond donors (Lipinski definition) is 1. The number of para-hydroxylation sites is 1. The third kappa shape index (κ3) is 5.63. The van der Waals surface area contributed by atoms with Crippen LogP contribution >= 0.6 is 7.82 Å². The summed E-state index contributed by atoms with van der Waals surface area (Å²) in [5, 5.41) is 0. The van der Waals surface area contributed by atoms with Crippen molar-refractivity contribution >= 4 is 13.8 Å². The number of hydrogen-bond acceptors (Lipinski definition) is 5. The van der Waals surface area contributed by atoms with Crippen molar-refractivity contribution in [2.75, 3.05) is 13.2 Å². The molecular formula is C11H13O6P. The summed E-state index contributed by atoms with van der Waals surface area (Å²) in [5.41, 5.74) is 0.